The van der Waals surface area contributed by atoms with Crippen molar-refractivity contribution in [3.63, 3.8) is 0 Å². The Morgan fingerprint density at radius 1 is 1.00 bits per heavy atom. The van der Waals surface area contributed by atoms with Gasteiger partial charge in [-0.3, -0.25) is 0 Å². The fourth-order valence-corrected chi connectivity index (χ4v) is 2.60. The minimum absolute atomic E-state index is 0.366. The molecule has 0 amide bonds. The molecule has 2 aromatic carbocycles. The van der Waals surface area contributed by atoms with Crippen molar-refractivity contribution in [1.29, 1.82) is 0 Å². The van der Waals surface area contributed by atoms with Crippen LogP contribution in [0.25, 0.3) is 0 Å². The van der Waals surface area contributed by atoms with E-state index in [2.05, 4.69) is 0 Å². The molecule has 108 valence electrons. The molecule has 3 rings (SSSR count). The topological polar surface area (TPSA) is 48.1 Å². The molecule has 0 spiro atoms. The Kier molecular flexibility index (Phi) is 3.39. The lowest BCUT2D eigenvalue weighted by Gasteiger charge is -2.14. The van der Waals surface area contributed by atoms with Gasteiger partial charge in [-0.15, -0.1) is 0 Å². The van der Waals surface area contributed by atoms with Crippen molar-refractivity contribution >= 4 is 5.97 Å². The maximum absolute atomic E-state index is 11.9. The van der Waals surface area contributed by atoms with E-state index in [1.54, 1.807) is 7.11 Å². The first kappa shape index (κ1) is 13.6. The summed E-state index contributed by atoms with van der Waals surface area (Å²) in [6.45, 7) is 0. The molecule has 1 saturated heterocycles. The highest BCUT2D eigenvalue weighted by atomic mass is 16.7. The number of carbonyl (C=O) groups is 1. The van der Waals surface area contributed by atoms with Gasteiger partial charge in [0.1, 0.15) is 5.75 Å². The highest BCUT2D eigenvalue weighted by molar-refractivity contribution is 5.81. The van der Waals surface area contributed by atoms with Crippen molar-refractivity contribution < 1.29 is 19.0 Å². The molecule has 2 aromatic rings. The van der Waals surface area contributed by atoms with Crippen molar-refractivity contribution in [3.05, 3.63) is 65.7 Å². The molecule has 0 N–H and O–H groups in total. The number of benzene rings is 2. The van der Waals surface area contributed by atoms with Crippen molar-refractivity contribution in [2.45, 2.75) is 11.7 Å². The molecule has 2 atom stereocenters. The molecule has 0 aliphatic carbocycles. The molecule has 1 fully saturated rings. The van der Waals surface area contributed by atoms with Crippen LogP contribution in [0.1, 0.15) is 11.1 Å². The second-order valence-corrected chi connectivity index (χ2v) is 4.85. The monoisotopic (exact) mass is 284 g/mol. The summed E-state index contributed by atoms with van der Waals surface area (Å²) in [6.07, 6.45) is -0.613. The maximum Gasteiger partial charge on any atom is 0.338 e. The summed E-state index contributed by atoms with van der Waals surface area (Å²) in [5.74, 6) is 0.395. The molecular weight excluding hydrogens is 268 g/mol. The first-order valence-corrected chi connectivity index (χ1v) is 6.68. The van der Waals surface area contributed by atoms with Crippen LogP contribution in [0, 0.1) is 0 Å². The molecule has 0 saturated carbocycles. The van der Waals surface area contributed by atoms with Crippen LogP contribution in [-0.2, 0) is 19.9 Å². The van der Waals surface area contributed by atoms with Crippen LogP contribution < -0.4 is 4.74 Å². The quantitative estimate of drug-likeness (QED) is 0.639. The zero-order valence-electron chi connectivity index (χ0n) is 11.9. The van der Waals surface area contributed by atoms with Gasteiger partial charge in [-0.25, -0.2) is 4.79 Å². The first-order chi connectivity index (χ1) is 10.2. The summed E-state index contributed by atoms with van der Waals surface area (Å²) < 4.78 is 15.8. The molecule has 2 unspecified atom stereocenters. The van der Waals surface area contributed by atoms with E-state index in [4.69, 9.17) is 14.2 Å². The SMILES string of the molecule is COC(=O)C1OC1(c1ccccc1)c1ccc(OC)cc1. The summed E-state index contributed by atoms with van der Waals surface area (Å²) >= 11 is 0. The zero-order chi connectivity index (χ0) is 14.9. The number of methoxy groups -OCH3 is 2. The summed E-state index contributed by atoms with van der Waals surface area (Å²) in [7, 11) is 2.99. The van der Waals surface area contributed by atoms with Crippen LogP contribution in [0.3, 0.4) is 0 Å². The number of epoxide rings is 1. The van der Waals surface area contributed by atoms with E-state index in [1.807, 2.05) is 54.6 Å². The van der Waals surface area contributed by atoms with E-state index in [1.165, 1.54) is 7.11 Å². The van der Waals surface area contributed by atoms with Crippen molar-refractivity contribution in [1.82, 2.24) is 0 Å². The third-order valence-electron chi connectivity index (χ3n) is 3.75. The highest BCUT2D eigenvalue weighted by Crippen LogP contribution is 2.52. The number of rotatable bonds is 4. The summed E-state index contributed by atoms with van der Waals surface area (Å²) in [5, 5.41) is 0. The van der Waals surface area contributed by atoms with Crippen molar-refractivity contribution in [2.24, 2.45) is 0 Å². The van der Waals surface area contributed by atoms with Gasteiger partial charge < -0.3 is 14.2 Å². The van der Waals surface area contributed by atoms with Gasteiger partial charge >= 0.3 is 5.97 Å². The molecule has 0 radical (unpaired) electrons. The van der Waals surface area contributed by atoms with Gasteiger partial charge in [-0.2, -0.15) is 0 Å². The molecule has 0 aromatic heterocycles. The average molecular weight is 284 g/mol. The second kappa shape index (κ2) is 5.22. The molecule has 21 heavy (non-hydrogen) atoms. The van der Waals surface area contributed by atoms with Crippen LogP contribution in [-0.4, -0.2) is 26.3 Å². The Morgan fingerprint density at radius 2 is 1.62 bits per heavy atom. The molecule has 1 heterocycles. The Morgan fingerprint density at radius 3 is 2.19 bits per heavy atom. The number of carbonyl (C=O) groups excluding carboxylic acids is 1. The number of hydrogen-bond acceptors (Lipinski definition) is 4. The van der Waals surface area contributed by atoms with Gasteiger partial charge in [0.15, 0.2) is 11.7 Å². The minimum Gasteiger partial charge on any atom is -0.497 e. The Labute approximate surface area is 123 Å². The van der Waals surface area contributed by atoms with Gasteiger partial charge in [0.05, 0.1) is 14.2 Å². The van der Waals surface area contributed by atoms with Crippen LogP contribution in [0.2, 0.25) is 0 Å². The van der Waals surface area contributed by atoms with E-state index < -0.39 is 11.7 Å². The van der Waals surface area contributed by atoms with Crippen LogP contribution in [0.4, 0.5) is 0 Å². The smallest absolute Gasteiger partial charge is 0.338 e. The lowest BCUT2D eigenvalue weighted by molar-refractivity contribution is -0.142. The zero-order valence-corrected chi connectivity index (χ0v) is 11.9. The third-order valence-corrected chi connectivity index (χ3v) is 3.75. The standard InChI is InChI=1S/C17H16O4/c1-19-14-10-8-13(9-11-14)17(12-6-4-3-5-7-12)15(21-17)16(18)20-2/h3-11,15H,1-2H3. The van der Waals surface area contributed by atoms with Crippen LogP contribution in [0.5, 0.6) is 5.75 Å². The minimum atomic E-state index is -0.763. The van der Waals surface area contributed by atoms with Gasteiger partial charge in [-0.05, 0) is 23.3 Å². The summed E-state index contributed by atoms with van der Waals surface area (Å²) in [5.41, 5.74) is 1.08. The lowest BCUT2D eigenvalue weighted by atomic mass is 9.88. The number of ether oxygens (including phenoxy) is 3. The van der Waals surface area contributed by atoms with Gasteiger partial charge in [0, 0.05) is 0 Å². The fraction of sp³-hybridized carbons (Fsp3) is 0.235. The summed E-state index contributed by atoms with van der Waals surface area (Å²) in [4.78, 5) is 11.9. The Bertz CT molecular complexity index is 636. The summed E-state index contributed by atoms with van der Waals surface area (Å²) in [6, 6.07) is 17.2. The predicted molar refractivity (Wildman–Crippen MR) is 77.1 cm³/mol. The van der Waals surface area contributed by atoms with E-state index in [0.717, 1.165) is 16.9 Å². The van der Waals surface area contributed by atoms with Gasteiger partial charge in [0.25, 0.3) is 0 Å². The van der Waals surface area contributed by atoms with Crippen LogP contribution >= 0.6 is 0 Å². The largest absolute Gasteiger partial charge is 0.497 e. The van der Waals surface area contributed by atoms with E-state index in [0.29, 0.717) is 0 Å². The first-order valence-electron chi connectivity index (χ1n) is 6.68. The van der Waals surface area contributed by atoms with E-state index in [9.17, 15) is 4.79 Å². The third kappa shape index (κ3) is 2.17. The van der Waals surface area contributed by atoms with Crippen LogP contribution in [0.15, 0.2) is 54.6 Å². The number of hydrogen-bond donors (Lipinski definition) is 0. The molecule has 4 nitrogen and oxygen atoms in total. The number of esters is 1. The highest BCUT2D eigenvalue weighted by Gasteiger charge is 2.63. The van der Waals surface area contributed by atoms with E-state index >= 15 is 0 Å². The maximum atomic E-state index is 11.9. The average Bonchev–Trinajstić information content (AvgIpc) is 3.32. The molecule has 4 heteroatoms. The van der Waals surface area contributed by atoms with Crippen molar-refractivity contribution in [2.75, 3.05) is 14.2 Å². The van der Waals surface area contributed by atoms with Gasteiger partial charge in [-0.1, -0.05) is 42.5 Å². The molecular formula is C17H16O4. The van der Waals surface area contributed by atoms with Crippen molar-refractivity contribution in [3.8, 4) is 5.75 Å². The Balaban J connectivity index is 2.04. The molecule has 0 bridgehead atoms. The molecule has 1 aliphatic rings. The fourth-order valence-electron chi connectivity index (χ4n) is 2.60. The van der Waals surface area contributed by atoms with Gasteiger partial charge in [0.2, 0.25) is 0 Å². The lowest BCUT2D eigenvalue weighted by Crippen LogP contribution is -2.21. The van der Waals surface area contributed by atoms with E-state index in [-0.39, 0.29) is 5.97 Å². The predicted octanol–water partition coefficient (Wildman–Crippen LogP) is 2.51. The molecule has 1 aliphatic heterocycles. The Hall–Kier alpha value is -2.33. The normalized spacial score (nSPS) is 23.4. The second-order valence-electron chi connectivity index (χ2n) is 4.85.